The lowest BCUT2D eigenvalue weighted by atomic mass is 10.2. The zero-order valence-electron chi connectivity index (χ0n) is 19.1. The summed E-state index contributed by atoms with van der Waals surface area (Å²) < 4.78 is 19.3. The summed E-state index contributed by atoms with van der Waals surface area (Å²) >= 11 is 5.90. The van der Waals surface area contributed by atoms with Gasteiger partial charge >= 0.3 is 0 Å². The first kappa shape index (κ1) is 23.9. The lowest BCUT2D eigenvalue weighted by Crippen LogP contribution is -2.49. The number of halogens is 1. The Morgan fingerprint density at radius 1 is 1.27 bits per heavy atom. The van der Waals surface area contributed by atoms with Crippen LogP contribution in [0.4, 0.5) is 0 Å². The second kappa shape index (κ2) is 9.19. The lowest BCUT2D eigenvalue weighted by molar-refractivity contribution is 0.0698. The average Bonchev–Trinajstić information content (AvgIpc) is 3.43. The van der Waals surface area contributed by atoms with Crippen LogP contribution in [-0.4, -0.2) is 66.8 Å². The third-order valence-electron chi connectivity index (χ3n) is 6.20. The van der Waals surface area contributed by atoms with E-state index in [1.807, 2.05) is 26.0 Å². The molecule has 0 bridgehead atoms. The van der Waals surface area contributed by atoms with Gasteiger partial charge in [0.1, 0.15) is 5.69 Å². The fraction of sp³-hybridized carbons (Fsp3) is 0.522. The van der Waals surface area contributed by atoms with Gasteiger partial charge in [0.2, 0.25) is 0 Å². The van der Waals surface area contributed by atoms with Crippen LogP contribution >= 0.6 is 11.6 Å². The largest absolute Gasteiger partial charge is 0.383 e. The molecule has 1 fully saturated rings. The SMILES string of the molecule is COCC(C)(C)S(=O)C1(CN2CCn3c(cnc3C(=O)NCc3ccc(Cl)cc3)C2=O)CC1. The Balaban J connectivity index is 1.42. The number of carbonyl (C=O) groups excluding carboxylic acids is 2. The van der Waals surface area contributed by atoms with E-state index >= 15 is 0 Å². The molecule has 1 aliphatic carbocycles. The molecule has 1 aromatic heterocycles. The first-order valence-corrected chi connectivity index (χ1v) is 12.5. The number of amides is 2. The summed E-state index contributed by atoms with van der Waals surface area (Å²) in [5.74, 6) is -0.297. The van der Waals surface area contributed by atoms with E-state index in [0.717, 1.165) is 18.4 Å². The van der Waals surface area contributed by atoms with Crippen LogP contribution in [0.25, 0.3) is 0 Å². The number of fused-ring (bicyclic) bond motifs is 1. The van der Waals surface area contributed by atoms with Crippen LogP contribution in [-0.2, 0) is 28.6 Å². The fourth-order valence-corrected chi connectivity index (χ4v) is 6.60. The fourth-order valence-electron chi connectivity index (χ4n) is 4.33. The van der Waals surface area contributed by atoms with Crippen molar-refractivity contribution in [1.82, 2.24) is 19.8 Å². The molecule has 1 atom stereocenters. The number of imidazole rings is 1. The molecular formula is C23H29ClN4O4S. The zero-order chi connectivity index (χ0) is 23.8. The quantitative estimate of drug-likeness (QED) is 0.580. The Labute approximate surface area is 201 Å². The van der Waals surface area contributed by atoms with Crippen molar-refractivity contribution in [1.29, 1.82) is 0 Å². The second-order valence-corrected chi connectivity index (χ2v) is 12.2. The Morgan fingerprint density at radius 2 is 1.97 bits per heavy atom. The third-order valence-corrected chi connectivity index (χ3v) is 8.90. The predicted molar refractivity (Wildman–Crippen MR) is 127 cm³/mol. The number of benzene rings is 1. The van der Waals surface area contributed by atoms with Gasteiger partial charge in [-0.15, -0.1) is 0 Å². The Hall–Kier alpha value is -2.23. The van der Waals surface area contributed by atoms with E-state index in [0.29, 0.717) is 43.5 Å². The number of methoxy groups -OCH3 is 1. The topological polar surface area (TPSA) is 93.5 Å². The van der Waals surface area contributed by atoms with Crippen molar-refractivity contribution in [3.05, 3.63) is 52.6 Å². The van der Waals surface area contributed by atoms with Crippen LogP contribution in [0.15, 0.2) is 30.5 Å². The van der Waals surface area contributed by atoms with E-state index in [-0.39, 0.29) is 17.6 Å². The number of nitrogens with one attached hydrogen (secondary N) is 1. The molecule has 2 heterocycles. The maximum absolute atomic E-state index is 13.3. The molecule has 2 amide bonds. The monoisotopic (exact) mass is 492 g/mol. The standard InChI is InChI=1S/C23H29ClN4O4S/c1-22(2,15-32-3)33(31)23(8-9-23)14-27-10-11-28-18(21(27)30)13-25-19(28)20(29)26-12-16-4-6-17(24)7-5-16/h4-7,13H,8-12,14-15H2,1-3H3,(H,26,29). The minimum Gasteiger partial charge on any atom is -0.383 e. The highest BCUT2D eigenvalue weighted by Gasteiger charge is 2.55. The molecule has 4 rings (SSSR count). The van der Waals surface area contributed by atoms with Gasteiger partial charge in [-0.05, 0) is 44.4 Å². The normalized spacial score (nSPS) is 18.1. The van der Waals surface area contributed by atoms with Gasteiger partial charge in [-0.25, -0.2) is 4.98 Å². The Bertz CT molecular complexity index is 1080. The summed E-state index contributed by atoms with van der Waals surface area (Å²) in [4.78, 5) is 31.8. The van der Waals surface area contributed by atoms with Crippen molar-refractivity contribution in [3.63, 3.8) is 0 Å². The number of ether oxygens (including phenoxy) is 1. The van der Waals surface area contributed by atoms with Crippen molar-refractivity contribution in [3.8, 4) is 0 Å². The van der Waals surface area contributed by atoms with Crippen molar-refractivity contribution in [2.24, 2.45) is 0 Å². The van der Waals surface area contributed by atoms with Crippen molar-refractivity contribution >= 4 is 34.2 Å². The van der Waals surface area contributed by atoms with Crippen molar-refractivity contribution in [2.45, 2.75) is 49.3 Å². The summed E-state index contributed by atoms with van der Waals surface area (Å²) in [6, 6.07) is 7.22. The van der Waals surface area contributed by atoms with Crippen molar-refractivity contribution in [2.75, 3.05) is 26.8 Å². The molecule has 0 spiro atoms. The van der Waals surface area contributed by atoms with Crippen LogP contribution in [0.2, 0.25) is 5.02 Å². The molecule has 0 saturated heterocycles. The van der Waals surface area contributed by atoms with Gasteiger partial charge in [0.25, 0.3) is 11.8 Å². The maximum Gasteiger partial charge on any atom is 0.287 e. The average molecular weight is 493 g/mol. The van der Waals surface area contributed by atoms with Crippen LogP contribution < -0.4 is 5.32 Å². The predicted octanol–water partition coefficient (Wildman–Crippen LogP) is 2.63. The summed E-state index contributed by atoms with van der Waals surface area (Å²) in [7, 11) is 0.466. The minimum atomic E-state index is -1.14. The number of rotatable bonds is 9. The molecule has 1 saturated carbocycles. The van der Waals surface area contributed by atoms with E-state index in [1.54, 1.807) is 28.7 Å². The smallest absolute Gasteiger partial charge is 0.287 e. The molecule has 1 aromatic carbocycles. The van der Waals surface area contributed by atoms with Crippen LogP contribution in [0.5, 0.6) is 0 Å². The molecule has 2 aromatic rings. The molecule has 1 unspecified atom stereocenters. The van der Waals surface area contributed by atoms with Gasteiger partial charge in [0.15, 0.2) is 5.82 Å². The van der Waals surface area contributed by atoms with E-state index < -0.39 is 20.3 Å². The number of hydrogen-bond donors (Lipinski definition) is 1. The van der Waals surface area contributed by atoms with E-state index in [4.69, 9.17) is 16.3 Å². The summed E-state index contributed by atoms with van der Waals surface area (Å²) in [6.07, 6.45) is 3.11. The van der Waals surface area contributed by atoms with Gasteiger partial charge in [-0.2, -0.15) is 0 Å². The minimum absolute atomic E-state index is 0.182. The molecule has 2 aliphatic rings. The summed E-state index contributed by atoms with van der Waals surface area (Å²) in [6.45, 7) is 5.97. The maximum atomic E-state index is 13.3. The van der Waals surface area contributed by atoms with Gasteiger partial charge in [-0.1, -0.05) is 23.7 Å². The Morgan fingerprint density at radius 3 is 2.61 bits per heavy atom. The van der Waals surface area contributed by atoms with Gasteiger partial charge in [-0.3, -0.25) is 13.8 Å². The van der Waals surface area contributed by atoms with E-state index in [1.165, 1.54) is 6.20 Å². The third kappa shape index (κ3) is 4.85. The van der Waals surface area contributed by atoms with Gasteiger partial charge in [0.05, 0.1) is 22.3 Å². The molecule has 8 nitrogen and oxygen atoms in total. The number of carbonyl (C=O) groups is 2. The van der Waals surface area contributed by atoms with Gasteiger partial charge < -0.3 is 19.5 Å². The molecular weight excluding hydrogens is 464 g/mol. The molecule has 10 heteroatoms. The molecule has 0 radical (unpaired) electrons. The second-order valence-electron chi connectivity index (χ2n) is 9.30. The lowest BCUT2D eigenvalue weighted by Gasteiger charge is -2.34. The van der Waals surface area contributed by atoms with Crippen LogP contribution in [0.1, 0.15) is 53.4 Å². The molecule has 1 aliphatic heterocycles. The molecule has 178 valence electrons. The van der Waals surface area contributed by atoms with Crippen LogP contribution in [0.3, 0.4) is 0 Å². The first-order valence-electron chi connectivity index (χ1n) is 11.0. The molecule has 33 heavy (non-hydrogen) atoms. The number of aromatic nitrogens is 2. The van der Waals surface area contributed by atoms with Crippen LogP contribution in [0, 0.1) is 0 Å². The first-order chi connectivity index (χ1) is 15.7. The van der Waals surface area contributed by atoms with Crippen molar-refractivity contribution < 1.29 is 18.5 Å². The Kier molecular flexibility index (Phi) is 6.66. The van der Waals surface area contributed by atoms with E-state index in [2.05, 4.69) is 10.3 Å². The number of nitrogens with zero attached hydrogens (tertiary/aromatic N) is 3. The summed E-state index contributed by atoms with van der Waals surface area (Å²) in [5, 5.41) is 3.48. The zero-order valence-corrected chi connectivity index (χ0v) is 20.7. The van der Waals surface area contributed by atoms with Gasteiger partial charge in [0, 0.05) is 49.1 Å². The highest BCUT2D eigenvalue weighted by Crippen LogP contribution is 2.46. The number of hydrogen-bond acceptors (Lipinski definition) is 5. The highest BCUT2D eigenvalue weighted by molar-refractivity contribution is 7.88. The molecule has 1 N–H and O–H groups in total. The van der Waals surface area contributed by atoms with E-state index in [9.17, 15) is 13.8 Å². The summed E-state index contributed by atoms with van der Waals surface area (Å²) in [5.41, 5.74) is 1.30. The highest BCUT2D eigenvalue weighted by atomic mass is 35.5.